The minimum absolute atomic E-state index is 0.399. The predicted molar refractivity (Wildman–Crippen MR) is 72.6 cm³/mol. The molecule has 0 aromatic carbocycles. The number of rotatable bonds is 6. The minimum Gasteiger partial charge on any atom is -0.373 e. The lowest BCUT2D eigenvalue weighted by Crippen LogP contribution is -2.23. The van der Waals surface area contributed by atoms with Crippen molar-refractivity contribution in [2.24, 2.45) is 0 Å². The molecule has 1 aromatic rings. The normalized spacial score (nSPS) is 12.6. The maximum Gasteiger partial charge on any atom is 0.132 e. The van der Waals surface area contributed by atoms with Gasteiger partial charge in [-0.1, -0.05) is 0 Å². The van der Waals surface area contributed by atoms with Crippen LogP contribution in [0, 0.1) is 6.92 Å². The third-order valence-electron chi connectivity index (χ3n) is 2.50. The molecule has 0 aliphatic carbocycles. The van der Waals surface area contributed by atoms with E-state index in [1.54, 1.807) is 0 Å². The summed E-state index contributed by atoms with van der Waals surface area (Å²) in [7, 11) is 6.03. The van der Waals surface area contributed by atoms with Gasteiger partial charge in [-0.05, 0) is 40.9 Å². The fourth-order valence-corrected chi connectivity index (χ4v) is 1.55. The van der Waals surface area contributed by atoms with Gasteiger partial charge in [0.25, 0.3) is 0 Å². The summed E-state index contributed by atoms with van der Waals surface area (Å²) in [5.41, 5.74) is 0. The number of hydrogen-bond acceptors (Lipinski definition) is 5. The van der Waals surface area contributed by atoms with Crippen LogP contribution >= 0.6 is 0 Å². The summed E-state index contributed by atoms with van der Waals surface area (Å²) >= 11 is 0. The van der Waals surface area contributed by atoms with E-state index in [0.29, 0.717) is 6.04 Å². The Labute approximate surface area is 104 Å². The zero-order chi connectivity index (χ0) is 12.8. The van der Waals surface area contributed by atoms with Crippen LogP contribution in [0.25, 0.3) is 0 Å². The maximum atomic E-state index is 4.37. The highest BCUT2D eigenvalue weighted by molar-refractivity contribution is 5.47. The average Bonchev–Trinajstić information content (AvgIpc) is 2.25. The van der Waals surface area contributed by atoms with Gasteiger partial charge in [0, 0.05) is 19.2 Å². The summed E-state index contributed by atoms with van der Waals surface area (Å²) in [5.74, 6) is 2.51. The van der Waals surface area contributed by atoms with Crippen LogP contribution in [0.3, 0.4) is 0 Å². The van der Waals surface area contributed by atoms with E-state index in [1.807, 2.05) is 20.0 Å². The van der Waals surface area contributed by atoms with E-state index in [1.165, 1.54) is 0 Å². The third kappa shape index (κ3) is 4.99. The maximum absolute atomic E-state index is 4.37. The van der Waals surface area contributed by atoms with Gasteiger partial charge in [-0.25, -0.2) is 9.97 Å². The van der Waals surface area contributed by atoms with E-state index < -0.39 is 0 Å². The molecule has 0 radical (unpaired) electrons. The first-order chi connectivity index (χ1) is 8.01. The molecule has 1 aromatic heterocycles. The van der Waals surface area contributed by atoms with Crippen LogP contribution in [0.4, 0.5) is 11.6 Å². The van der Waals surface area contributed by atoms with Crippen molar-refractivity contribution in [3.05, 3.63) is 11.9 Å². The van der Waals surface area contributed by atoms with E-state index in [0.717, 1.165) is 30.4 Å². The quantitative estimate of drug-likeness (QED) is 0.786. The van der Waals surface area contributed by atoms with Crippen molar-refractivity contribution in [3.63, 3.8) is 0 Å². The smallest absolute Gasteiger partial charge is 0.132 e. The lowest BCUT2D eigenvalue weighted by Gasteiger charge is -2.17. The molecular weight excluding hydrogens is 214 g/mol. The molecule has 0 spiro atoms. The summed E-state index contributed by atoms with van der Waals surface area (Å²) in [4.78, 5) is 10.8. The second-order valence-corrected chi connectivity index (χ2v) is 4.57. The third-order valence-corrected chi connectivity index (χ3v) is 2.50. The Morgan fingerprint density at radius 3 is 2.53 bits per heavy atom. The molecular formula is C12H23N5. The molecule has 1 atom stereocenters. The Kier molecular flexibility index (Phi) is 5.15. The van der Waals surface area contributed by atoms with Crippen molar-refractivity contribution >= 4 is 11.6 Å². The Morgan fingerprint density at radius 1 is 1.29 bits per heavy atom. The summed E-state index contributed by atoms with van der Waals surface area (Å²) < 4.78 is 0. The topological polar surface area (TPSA) is 53.1 Å². The fourth-order valence-electron chi connectivity index (χ4n) is 1.55. The standard InChI is InChI=1S/C12H23N5/c1-9(6-7-17(4)5)14-12-8-11(13-3)15-10(2)16-12/h8-9H,6-7H2,1-5H3,(H2,13,14,15,16). The molecule has 0 saturated heterocycles. The molecule has 1 heterocycles. The van der Waals surface area contributed by atoms with Crippen molar-refractivity contribution in [1.29, 1.82) is 0 Å². The molecule has 17 heavy (non-hydrogen) atoms. The van der Waals surface area contributed by atoms with Crippen LogP contribution in [0.2, 0.25) is 0 Å². The van der Waals surface area contributed by atoms with E-state index in [4.69, 9.17) is 0 Å². The first kappa shape index (κ1) is 13.7. The second kappa shape index (κ2) is 6.39. The molecule has 0 bridgehead atoms. The molecule has 0 aliphatic rings. The van der Waals surface area contributed by atoms with Gasteiger partial charge in [0.1, 0.15) is 17.5 Å². The Balaban J connectivity index is 2.58. The molecule has 0 fully saturated rings. The molecule has 0 saturated carbocycles. The molecule has 5 nitrogen and oxygen atoms in total. The van der Waals surface area contributed by atoms with Crippen molar-refractivity contribution in [2.75, 3.05) is 38.3 Å². The monoisotopic (exact) mass is 237 g/mol. The Bertz CT molecular complexity index is 351. The van der Waals surface area contributed by atoms with Crippen molar-refractivity contribution < 1.29 is 0 Å². The SMILES string of the molecule is CNc1cc(NC(C)CCN(C)C)nc(C)n1. The molecule has 2 N–H and O–H groups in total. The van der Waals surface area contributed by atoms with Gasteiger partial charge in [-0.3, -0.25) is 0 Å². The number of aryl methyl sites for hydroxylation is 1. The molecule has 1 rings (SSSR count). The van der Waals surface area contributed by atoms with Gasteiger partial charge in [0.2, 0.25) is 0 Å². The number of nitrogens with zero attached hydrogens (tertiary/aromatic N) is 3. The van der Waals surface area contributed by atoms with Gasteiger partial charge in [0.05, 0.1) is 0 Å². The van der Waals surface area contributed by atoms with Gasteiger partial charge in [-0.15, -0.1) is 0 Å². The van der Waals surface area contributed by atoms with Gasteiger partial charge in [0.15, 0.2) is 0 Å². The van der Waals surface area contributed by atoms with E-state index >= 15 is 0 Å². The average molecular weight is 237 g/mol. The zero-order valence-corrected chi connectivity index (χ0v) is 11.4. The van der Waals surface area contributed by atoms with Crippen LogP contribution < -0.4 is 10.6 Å². The molecule has 5 heteroatoms. The van der Waals surface area contributed by atoms with Gasteiger partial charge >= 0.3 is 0 Å². The molecule has 0 amide bonds. The highest BCUT2D eigenvalue weighted by Crippen LogP contribution is 2.12. The van der Waals surface area contributed by atoms with Crippen molar-refractivity contribution in [2.45, 2.75) is 26.3 Å². The molecule has 96 valence electrons. The van der Waals surface area contributed by atoms with Crippen LogP contribution in [0.15, 0.2) is 6.07 Å². The summed E-state index contributed by atoms with van der Waals surface area (Å²) in [6.07, 6.45) is 1.09. The highest BCUT2D eigenvalue weighted by atomic mass is 15.1. The van der Waals surface area contributed by atoms with E-state index in [-0.39, 0.29) is 0 Å². The van der Waals surface area contributed by atoms with Crippen LogP contribution in [-0.2, 0) is 0 Å². The van der Waals surface area contributed by atoms with Gasteiger partial charge < -0.3 is 15.5 Å². The van der Waals surface area contributed by atoms with Crippen LogP contribution in [0.5, 0.6) is 0 Å². The number of aromatic nitrogens is 2. The lowest BCUT2D eigenvalue weighted by atomic mass is 10.2. The van der Waals surface area contributed by atoms with Crippen LogP contribution in [0.1, 0.15) is 19.2 Å². The number of anilines is 2. The minimum atomic E-state index is 0.399. The predicted octanol–water partition coefficient (Wildman–Crippen LogP) is 1.58. The fraction of sp³-hybridized carbons (Fsp3) is 0.667. The summed E-state index contributed by atoms with van der Waals surface area (Å²) in [6, 6.07) is 2.33. The zero-order valence-electron chi connectivity index (χ0n) is 11.4. The van der Waals surface area contributed by atoms with Crippen molar-refractivity contribution in [3.8, 4) is 0 Å². The number of nitrogens with one attached hydrogen (secondary N) is 2. The largest absolute Gasteiger partial charge is 0.373 e. The van der Waals surface area contributed by atoms with E-state index in [9.17, 15) is 0 Å². The second-order valence-electron chi connectivity index (χ2n) is 4.57. The molecule has 0 aliphatic heterocycles. The van der Waals surface area contributed by atoms with Crippen LogP contribution in [-0.4, -0.2) is 48.6 Å². The Hall–Kier alpha value is -1.36. The lowest BCUT2D eigenvalue weighted by molar-refractivity contribution is 0.390. The summed E-state index contributed by atoms with van der Waals surface area (Å²) in [5, 5.41) is 6.43. The van der Waals surface area contributed by atoms with E-state index in [2.05, 4.69) is 46.5 Å². The first-order valence-corrected chi connectivity index (χ1v) is 5.96. The highest BCUT2D eigenvalue weighted by Gasteiger charge is 2.05. The summed E-state index contributed by atoms with van der Waals surface area (Å²) in [6.45, 7) is 5.13. The van der Waals surface area contributed by atoms with Gasteiger partial charge in [-0.2, -0.15) is 0 Å². The first-order valence-electron chi connectivity index (χ1n) is 5.96. The Morgan fingerprint density at radius 2 is 1.94 bits per heavy atom. The van der Waals surface area contributed by atoms with Crippen molar-refractivity contribution in [1.82, 2.24) is 14.9 Å². The molecule has 1 unspecified atom stereocenters. The number of hydrogen-bond donors (Lipinski definition) is 2.